The van der Waals surface area contributed by atoms with Gasteiger partial charge in [0.15, 0.2) is 52.2 Å². The van der Waals surface area contributed by atoms with Crippen LogP contribution in [0.4, 0.5) is 0 Å². The van der Waals surface area contributed by atoms with E-state index in [2.05, 4.69) is 84.7 Å². The summed E-state index contributed by atoms with van der Waals surface area (Å²) in [6, 6.07) is 46.9. The molecule has 0 aliphatic carbocycles. The zero-order valence-electron chi connectivity index (χ0n) is 71.8. The number of phenols is 5. The monoisotopic (exact) mass is 1790 g/mol. The van der Waals surface area contributed by atoms with Crippen LogP contribution >= 0.6 is 0 Å². The van der Waals surface area contributed by atoms with E-state index in [1.807, 2.05) is 48.5 Å². The van der Waals surface area contributed by atoms with E-state index in [-0.39, 0.29) is 119 Å². The number of carbonyl (C=O) groups excluding carboxylic acids is 4. The highest BCUT2D eigenvalue weighted by molar-refractivity contribution is 5.98. The fourth-order valence-electron chi connectivity index (χ4n) is 12.1. The third-order valence-corrected chi connectivity index (χ3v) is 18.3. The molecule has 0 fully saturated rings. The molecule has 0 aliphatic heterocycles. The minimum atomic E-state index is -1.35. The summed E-state index contributed by atoms with van der Waals surface area (Å²) in [6.07, 6.45) is 5.62. The summed E-state index contributed by atoms with van der Waals surface area (Å²) in [4.78, 5) is 161. The van der Waals surface area contributed by atoms with Crippen molar-refractivity contribution in [2.75, 3.05) is 49.8 Å². The normalized spacial score (nSPS) is 10.3. The number of aromatic amines is 4. The van der Waals surface area contributed by atoms with Gasteiger partial charge in [0.2, 0.25) is 28.9 Å². The number of phenolic OH excluding ortho intramolecular Hbond substituents is 5. The molecule has 0 bridgehead atoms. The molecule has 18 rings (SSSR count). The second-order valence-electron chi connectivity index (χ2n) is 26.8. The Morgan fingerprint density at radius 3 is 1.21 bits per heavy atom. The first-order valence-corrected chi connectivity index (χ1v) is 38.4. The van der Waals surface area contributed by atoms with Gasteiger partial charge in [-0.05, 0) is 114 Å². The number of fused-ring (bicyclic) bond motifs is 9. The number of nitrogens with zero attached hydrogens (tertiary/aromatic N) is 15. The average molecular weight is 1790 g/mol. The first-order chi connectivity index (χ1) is 63.3. The minimum Gasteiger partial charge on any atom is -0.506 e. The lowest BCUT2D eigenvalue weighted by Gasteiger charge is -2.07. The number of aromatic hydroxyl groups is 5. The van der Waals surface area contributed by atoms with Crippen LogP contribution in [0.15, 0.2) is 208 Å². The maximum atomic E-state index is 11.5. The molecule has 9 aromatic heterocycles. The molecule has 670 valence electrons. The number of rotatable bonds is 12. The molecule has 42 nitrogen and oxygen atoms in total. The fourth-order valence-corrected chi connectivity index (χ4v) is 12.1. The molecule has 0 spiro atoms. The number of carbonyl (C=O) groups is 5. The SMILES string of the molecule is CC(=O)c1nc(C)c2cccc(O)c2n1.CC(=O)c1nc2c(O)cccc2c(=O)[nH]1.CC(=O)c1nc2c(O)cccc2c(=O)[nH]1.CC(=O)c1ncc2cccc(O)c2n1.COc1cccc2c(=O)[nH]cnc12.COc1nc(C#N)nc2c(OC)cccc12.COc1nc[n+](O)c2c(OC)cccc12.COc1ncnc2c(OC)cccc12.O=C(O)c1nc2c(O)cccc2c(=O)[nH]1. The van der Waals surface area contributed by atoms with Crippen LogP contribution in [0.3, 0.4) is 0 Å². The third-order valence-electron chi connectivity index (χ3n) is 18.3. The summed E-state index contributed by atoms with van der Waals surface area (Å²) in [5.74, 6) is 0.855. The zero-order valence-corrected chi connectivity index (χ0v) is 71.8. The number of benzene rings is 9. The van der Waals surface area contributed by atoms with Crippen molar-refractivity contribution in [3.8, 4) is 75.5 Å². The summed E-state index contributed by atoms with van der Waals surface area (Å²) in [5, 5.41) is 79.5. The van der Waals surface area contributed by atoms with Crippen LogP contribution in [0.1, 0.15) is 92.3 Å². The topological polar surface area (TPSA) is 618 Å². The first-order valence-electron chi connectivity index (χ1n) is 38.4. The van der Waals surface area contributed by atoms with E-state index in [0.29, 0.717) is 78.9 Å². The van der Waals surface area contributed by atoms with Gasteiger partial charge in [0.1, 0.15) is 108 Å². The van der Waals surface area contributed by atoms with Crippen molar-refractivity contribution in [2.45, 2.75) is 34.6 Å². The number of carboxylic acids is 1. The number of nitrogens with one attached hydrogen (secondary N) is 4. The van der Waals surface area contributed by atoms with E-state index in [1.54, 1.807) is 115 Å². The molecule has 42 heteroatoms. The first kappa shape index (κ1) is 95.5. The van der Waals surface area contributed by atoms with Gasteiger partial charge in [-0.1, -0.05) is 66.7 Å². The molecule has 0 unspecified atom stereocenters. The Balaban J connectivity index is 0.000000154. The number of hydrogen-bond donors (Lipinski definition) is 11. The summed E-state index contributed by atoms with van der Waals surface area (Å²) in [5.41, 5.74) is 2.68. The molecule has 0 saturated heterocycles. The van der Waals surface area contributed by atoms with E-state index < -0.39 is 28.5 Å². The van der Waals surface area contributed by atoms with E-state index in [4.69, 9.17) is 43.5 Å². The van der Waals surface area contributed by atoms with E-state index in [1.165, 1.54) is 116 Å². The summed E-state index contributed by atoms with van der Waals surface area (Å²) in [6.45, 7) is 7.17. The van der Waals surface area contributed by atoms with Crippen molar-refractivity contribution in [3.63, 3.8) is 0 Å². The van der Waals surface area contributed by atoms with Gasteiger partial charge < -0.3 is 88.9 Å². The number of ether oxygens (including phenoxy) is 7. The number of H-pyrrole nitrogens is 4. The fraction of sp³-hybridized carbons (Fsp3) is 0.133. The number of aryl methyl sites for hydroxylation is 1. The maximum Gasteiger partial charge on any atom is 0.372 e. The number of aromatic carboxylic acids is 1. The van der Waals surface area contributed by atoms with Crippen LogP contribution in [0.5, 0.6) is 69.4 Å². The van der Waals surface area contributed by atoms with Crippen LogP contribution in [0.2, 0.25) is 0 Å². The highest BCUT2D eigenvalue weighted by atomic mass is 16.5. The Morgan fingerprint density at radius 2 is 0.750 bits per heavy atom. The molecule has 132 heavy (non-hydrogen) atoms. The van der Waals surface area contributed by atoms with E-state index >= 15 is 0 Å². The standard InChI is InChI=1S/C11H9N3O2.C11H10N2O2.C10H11N2O3.2C10H8N2O3.C10H10N2O2.C10H8N2O2.C9H6N2O4.C9H8N2O2/c1-15-8-5-3-4-7-10(8)13-9(6-12)14-11(7)16-2;1-6-8-4-3-5-9(15)10(8)13-11(12-6)7(2)14;1-14-8-5-3-4-7-9(8)12(13)6-11-10(7)15-2;2*1-5(13)9-11-8-6(10(15)12-9)3-2-4-7(8)14;1-13-8-5-3-4-7-9(8)11-6-12-10(7)14-2;1-6(13)10-11-5-7-3-2-4-8(14)9(7)12-10;12-5-3-1-2-4-6(5)10-7(9(14)15)11-8(4)13;1-13-7-4-2-3-6-8(7)10-5-11-9(6)12/h3-5H,1-2H3;3-5,15H,1-2H3;3-6,13H,1-2H3;2*2-4,14H,1H3,(H,11,12,15);3-6H,1-2H3;2-5,14H,1H3;1-3,12H,(H,14,15)(H,10,11,13);2-5H,1H3,(H,10,11,12)/q;;+1;;;;;;. The number of hydrogen-bond acceptors (Lipinski definition) is 36. The average Bonchev–Trinajstić information content (AvgIpc) is 0.778. The van der Waals surface area contributed by atoms with Gasteiger partial charge in [-0.2, -0.15) is 10.2 Å². The molecule has 0 saturated carbocycles. The molecule has 0 amide bonds. The van der Waals surface area contributed by atoms with E-state index in [9.17, 15) is 73.9 Å². The number of aromatic nitrogens is 18. The smallest absolute Gasteiger partial charge is 0.372 e. The molecule has 9 aromatic carbocycles. The van der Waals surface area contributed by atoms with Gasteiger partial charge >= 0.3 is 18.2 Å². The second kappa shape index (κ2) is 43.7. The van der Waals surface area contributed by atoms with Crippen molar-refractivity contribution in [2.24, 2.45) is 0 Å². The molecule has 9 heterocycles. The Morgan fingerprint density at radius 1 is 0.364 bits per heavy atom. The van der Waals surface area contributed by atoms with Crippen molar-refractivity contribution in [1.82, 2.24) is 84.7 Å². The third kappa shape index (κ3) is 22.5. The molecular weight excluding hydrogens is 1720 g/mol. The minimum absolute atomic E-state index is 0.0151. The number of methoxy groups -OCH3 is 7. The van der Waals surface area contributed by atoms with Gasteiger partial charge in [-0.25, -0.2) is 59.6 Å². The number of nitriles is 1. The van der Waals surface area contributed by atoms with Crippen LogP contribution in [-0.2, 0) is 0 Å². The highest BCUT2D eigenvalue weighted by Crippen LogP contribution is 2.33. The summed E-state index contributed by atoms with van der Waals surface area (Å²) < 4.78 is 36.8. The summed E-state index contributed by atoms with van der Waals surface area (Å²) >= 11 is 0. The predicted octanol–water partition coefficient (Wildman–Crippen LogP) is 10.2. The van der Waals surface area contributed by atoms with Crippen LogP contribution in [0.25, 0.3) is 98.1 Å². The Kier molecular flexibility index (Phi) is 31.7. The Hall–Kier alpha value is -18.7. The van der Waals surface area contributed by atoms with Crippen LogP contribution < -0.4 is 60.1 Å². The highest BCUT2D eigenvalue weighted by Gasteiger charge is 2.21. The number of carboxylic acid groups (broad SMARTS) is 1. The van der Waals surface area contributed by atoms with Gasteiger partial charge in [0.25, 0.3) is 22.2 Å². The van der Waals surface area contributed by atoms with Gasteiger partial charge in [-0.15, -0.1) is 0 Å². The second-order valence-corrected chi connectivity index (χ2v) is 26.8. The molecule has 0 atom stereocenters. The Bertz CT molecular complexity index is 7440. The van der Waals surface area contributed by atoms with Crippen molar-refractivity contribution in [3.05, 3.63) is 271 Å². The molecular formula is C90H78N19O23+. The zero-order chi connectivity index (χ0) is 95.7. The lowest BCUT2D eigenvalue weighted by molar-refractivity contribution is -0.886. The maximum absolute atomic E-state index is 11.5. The Labute approximate surface area is 742 Å². The molecule has 0 aliphatic rings. The van der Waals surface area contributed by atoms with Gasteiger partial charge in [-0.3, -0.25) is 38.4 Å². The largest absolute Gasteiger partial charge is 0.506 e. The lowest BCUT2D eigenvalue weighted by atomic mass is 10.2. The number of ketones is 4. The van der Waals surface area contributed by atoms with E-state index in [0.717, 1.165) is 37.5 Å². The quantitative estimate of drug-likeness (QED) is 0.0307. The van der Waals surface area contributed by atoms with Crippen molar-refractivity contribution in [1.29, 1.82) is 5.26 Å². The molecule has 0 radical (unpaired) electrons. The lowest BCUT2D eigenvalue weighted by Crippen LogP contribution is -2.31. The van der Waals surface area contributed by atoms with Crippen LogP contribution in [0, 0.1) is 18.3 Å². The summed E-state index contributed by atoms with van der Waals surface area (Å²) in [7, 11) is 10.9. The molecule has 18 aromatic rings. The van der Waals surface area contributed by atoms with Gasteiger partial charge in [0.05, 0.1) is 88.4 Å². The molecule has 11 N–H and O–H groups in total. The van der Waals surface area contributed by atoms with Gasteiger partial charge in [0, 0.05) is 50.4 Å². The predicted molar refractivity (Wildman–Crippen MR) is 477 cm³/mol. The van der Waals surface area contributed by atoms with Crippen molar-refractivity contribution >= 4 is 127 Å². The van der Waals surface area contributed by atoms with Crippen LogP contribution in [-0.4, -0.2) is 199 Å². The van der Waals surface area contributed by atoms with Crippen molar-refractivity contribution < 1.29 is 97.7 Å². The number of Topliss-reactive ketones (excluding diaryl/α,β-unsaturated/α-hetero) is 4. The number of para-hydroxylation sites is 9.